The summed E-state index contributed by atoms with van der Waals surface area (Å²) in [6.45, 7) is 4.73. The number of methoxy groups -OCH3 is 1. The molecule has 0 bridgehead atoms. The Morgan fingerprint density at radius 2 is 2.40 bits per heavy atom. The number of hydrogen-bond donors (Lipinski definition) is 0. The Bertz CT molecular complexity index is 395. The van der Waals surface area contributed by atoms with E-state index in [-0.39, 0.29) is 5.54 Å². The number of nitrogens with zero attached hydrogens (tertiary/aromatic N) is 2. The third-order valence-electron chi connectivity index (χ3n) is 2.66. The average Bonchev–Trinajstić information content (AvgIpc) is 2.61. The maximum absolute atomic E-state index is 11.4. The van der Waals surface area contributed by atoms with Crippen LogP contribution in [0.5, 0.6) is 5.88 Å². The Hall–Kier alpha value is -1.52. The molecular weight excluding hydrogens is 196 g/mol. The van der Waals surface area contributed by atoms with Crippen LogP contribution < -0.4 is 4.74 Å². The van der Waals surface area contributed by atoms with Crippen molar-refractivity contribution in [3.8, 4) is 5.88 Å². The van der Waals surface area contributed by atoms with Crippen LogP contribution in [0.15, 0.2) is 6.20 Å². The molecule has 15 heavy (non-hydrogen) atoms. The molecule has 2 rings (SSSR count). The van der Waals surface area contributed by atoms with Crippen LogP contribution >= 0.6 is 0 Å². The van der Waals surface area contributed by atoms with Gasteiger partial charge in [-0.3, -0.25) is 0 Å². The molecule has 0 N–H and O–H groups in total. The SMILES string of the molecule is COC(=O)c1cnn2c1OCCC2(C)C. The first-order valence-electron chi connectivity index (χ1n) is 4.86. The van der Waals surface area contributed by atoms with E-state index in [2.05, 4.69) is 23.7 Å². The number of hydrogen-bond acceptors (Lipinski definition) is 4. The number of carbonyl (C=O) groups is 1. The van der Waals surface area contributed by atoms with E-state index in [1.54, 1.807) is 4.68 Å². The quantitative estimate of drug-likeness (QED) is 0.653. The highest BCUT2D eigenvalue weighted by molar-refractivity contribution is 5.91. The van der Waals surface area contributed by atoms with E-state index in [0.717, 1.165) is 6.42 Å². The zero-order chi connectivity index (χ0) is 11.1. The molecule has 0 saturated carbocycles. The number of fused-ring (bicyclic) bond motifs is 1. The van der Waals surface area contributed by atoms with Gasteiger partial charge < -0.3 is 9.47 Å². The molecule has 0 atom stereocenters. The van der Waals surface area contributed by atoms with Gasteiger partial charge in [-0.1, -0.05) is 0 Å². The Morgan fingerprint density at radius 3 is 3.07 bits per heavy atom. The third kappa shape index (κ3) is 1.48. The van der Waals surface area contributed by atoms with E-state index in [1.165, 1.54) is 13.3 Å². The summed E-state index contributed by atoms with van der Waals surface area (Å²) in [5.74, 6) is 0.104. The largest absolute Gasteiger partial charge is 0.477 e. The second-order valence-electron chi connectivity index (χ2n) is 4.18. The van der Waals surface area contributed by atoms with Crippen molar-refractivity contribution in [3.05, 3.63) is 11.8 Å². The summed E-state index contributed by atoms with van der Waals surface area (Å²) in [7, 11) is 1.35. The molecule has 5 nitrogen and oxygen atoms in total. The van der Waals surface area contributed by atoms with Gasteiger partial charge in [0.15, 0.2) is 0 Å². The van der Waals surface area contributed by atoms with Gasteiger partial charge in [-0.25, -0.2) is 9.48 Å². The van der Waals surface area contributed by atoms with Crippen molar-refractivity contribution < 1.29 is 14.3 Å². The fourth-order valence-electron chi connectivity index (χ4n) is 1.66. The molecule has 1 aliphatic rings. The lowest BCUT2D eigenvalue weighted by Gasteiger charge is -2.31. The summed E-state index contributed by atoms with van der Waals surface area (Å²) in [4.78, 5) is 11.4. The van der Waals surface area contributed by atoms with Gasteiger partial charge in [0.1, 0.15) is 5.56 Å². The highest BCUT2D eigenvalue weighted by Gasteiger charge is 2.32. The fourth-order valence-corrected chi connectivity index (χ4v) is 1.66. The molecular formula is C10H14N2O3. The Balaban J connectivity index is 2.47. The van der Waals surface area contributed by atoms with Crippen molar-refractivity contribution in [2.75, 3.05) is 13.7 Å². The zero-order valence-corrected chi connectivity index (χ0v) is 9.11. The molecule has 0 spiro atoms. The van der Waals surface area contributed by atoms with Crippen molar-refractivity contribution in [2.45, 2.75) is 25.8 Å². The van der Waals surface area contributed by atoms with Crippen LogP contribution in [0.4, 0.5) is 0 Å². The maximum Gasteiger partial charge on any atom is 0.345 e. The van der Waals surface area contributed by atoms with Crippen LogP contribution in [0.2, 0.25) is 0 Å². The van der Waals surface area contributed by atoms with Gasteiger partial charge in [0.25, 0.3) is 0 Å². The molecule has 0 radical (unpaired) electrons. The normalized spacial score (nSPS) is 17.8. The van der Waals surface area contributed by atoms with Crippen LogP contribution in [0.3, 0.4) is 0 Å². The average molecular weight is 210 g/mol. The van der Waals surface area contributed by atoms with E-state index >= 15 is 0 Å². The second-order valence-corrected chi connectivity index (χ2v) is 4.18. The molecule has 0 amide bonds. The Labute approximate surface area is 88.0 Å². The minimum absolute atomic E-state index is 0.111. The molecule has 0 saturated heterocycles. The molecule has 1 aliphatic heterocycles. The number of esters is 1. The van der Waals surface area contributed by atoms with E-state index in [9.17, 15) is 4.79 Å². The number of carbonyl (C=O) groups excluding carboxylic acids is 1. The number of ether oxygens (including phenoxy) is 2. The molecule has 2 heterocycles. The second kappa shape index (κ2) is 3.25. The van der Waals surface area contributed by atoms with E-state index in [1.807, 2.05) is 0 Å². The molecule has 5 heteroatoms. The minimum atomic E-state index is -0.408. The topological polar surface area (TPSA) is 53.3 Å². The lowest BCUT2D eigenvalue weighted by molar-refractivity contribution is 0.0589. The van der Waals surface area contributed by atoms with Crippen LogP contribution in [0, 0.1) is 0 Å². The molecule has 0 fully saturated rings. The monoisotopic (exact) mass is 210 g/mol. The number of rotatable bonds is 1. The first-order chi connectivity index (χ1) is 7.06. The van der Waals surface area contributed by atoms with E-state index in [0.29, 0.717) is 18.1 Å². The van der Waals surface area contributed by atoms with Crippen molar-refractivity contribution in [1.82, 2.24) is 9.78 Å². The van der Waals surface area contributed by atoms with Crippen molar-refractivity contribution in [3.63, 3.8) is 0 Å². The van der Waals surface area contributed by atoms with Crippen LogP contribution in [0.25, 0.3) is 0 Å². The highest BCUT2D eigenvalue weighted by atomic mass is 16.5. The molecule has 82 valence electrons. The van der Waals surface area contributed by atoms with Crippen LogP contribution in [0.1, 0.15) is 30.6 Å². The van der Waals surface area contributed by atoms with Crippen molar-refractivity contribution in [2.24, 2.45) is 0 Å². The summed E-state index contributed by atoms with van der Waals surface area (Å²) in [5.41, 5.74) is 0.283. The molecule has 1 aromatic heterocycles. The van der Waals surface area contributed by atoms with Gasteiger partial charge in [0, 0.05) is 6.42 Å². The molecule has 0 unspecified atom stereocenters. The lowest BCUT2D eigenvalue weighted by atomic mass is 10.0. The first-order valence-corrected chi connectivity index (χ1v) is 4.86. The van der Waals surface area contributed by atoms with E-state index in [4.69, 9.17) is 4.74 Å². The highest BCUT2D eigenvalue weighted by Crippen LogP contribution is 2.32. The maximum atomic E-state index is 11.4. The molecule has 1 aromatic rings. The summed E-state index contributed by atoms with van der Waals surface area (Å²) in [5, 5.41) is 4.17. The van der Waals surface area contributed by atoms with Gasteiger partial charge in [-0.05, 0) is 13.8 Å². The molecule has 0 aliphatic carbocycles. The van der Waals surface area contributed by atoms with Gasteiger partial charge in [0.2, 0.25) is 5.88 Å². The van der Waals surface area contributed by atoms with Crippen molar-refractivity contribution in [1.29, 1.82) is 0 Å². The van der Waals surface area contributed by atoms with Gasteiger partial charge >= 0.3 is 5.97 Å². The van der Waals surface area contributed by atoms with E-state index < -0.39 is 5.97 Å². The summed E-state index contributed by atoms with van der Waals surface area (Å²) in [6, 6.07) is 0. The third-order valence-corrected chi connectivity index (χ3v) is 2.66. The standard InChI is InChI=1S/C10H14N2O3/c1-10(2)4-5-15-8-7(9(13)14-3)6-11-12(8)10/h6H,4-5H2,1-3H3. The predicted molar refractivity (Wildman–Crippen MR) is 53.0 cm³/mol. The summed E-state index contributed by atoms with van der Waals surface area (Å²) < 4.78 is 11.8. The Morgan fingerprint density at radius 1 is 1.67 bits per heavy atom. The van der Waals surface area contributed by atoms with Gasteiger partial charge in [-0.15, -0.1) is 0 Å². The first kappa shape index (κ1) is 10.0. The van der Waals surface area contributed by atoms with Crippen LogP contribution in [-0.4, -0.2) is 29.5 Å². The number of aromatic nitrogens is 2. The van der Waals surface area contributed by atoms with Crippen LogP contribution in [-0.2, 0) is 10.3 Å². The lowest BCUT2D eigenvalue weighted by Crippen LogP contribution is -2.34. The minimum Gasteiger partial charge on any atom is -0.477 e. The summed E-state index contributed by atoms with van der Waals surface area (Å²) >= 11 is 0. The summed E-state index contributed by atoms with van der Waals surface area (Å²) in [6.07, 6.45) is 2.37. The van der Waals surface area contributed by atoms with Gasteiger partial charge in [0.05, 0.1) is 25.5 Å². The fraction of sp³-hybridized carbons (Fsp3) is 0.600. The van der Waals surface area contributed by atoms with Gasteiger partial charge in [-0.2, -0.15) is 5.10 Å². The smallest absolute Gasteiger partial charge is 0.345 e. The predicted octanol–water partition coefficient (Wildman–Crippen LogP) is 1.19. The zero-order valence-electron chi connectivity index (χ0n) is 9.11. The Kier molecular flexibility index (Phi) is 2.17. The molecule has 0 aromatic carbocycles. The van der Waals surface area contributed by atoms with Crippen molar-refractivity contribution >= 4 is 5.97 Å².